The van der Waals surface area contributed by atoms with Crippen LogP contribution in [0.4, 0.5) is 5.82 Å². The van der Waals surface area contributed by atoms with Crippen molar-refractivity contribution in [3.8, 4) is 11.4 Å². The number of amides is 1. The van der Waals surface area contributed by atoms with Gasteiger partial charge in [0.15, 0.2) is 5.65 Å². The van der Waals surface area contributed by atoms with Gasteiger partial charge >= 0.3 is 0 Å². The van der Waals surface area contributed by atoms with Crippen LogP contribution < -0.4 is 15.8 Å². The van der Waals surface area contributed by atoms with Gasteiger partial charge in [0.1, 0.15) is 22.6 Å². The van der Waals surface area contributed by atoms with Crippen LogP contribution in [0.3, 0.4) is 0 Å². The molecule has 35 heavy (non-hydrogen) atoms. The molecule has 0 fully saturated rings. The summed E-state index contributed by atoms with van der Waals surface area (Å²) >= 11 is 0. The van der Waals surface area contributed by atoms with Gasteiger partial charge in [0.05, 0.1) is 18.1 Å². The smallest absolute Gasteiger partial charge is 0.257 e. The molecule has 2 heterocycles. The lowest BCUT2D eigenvalue weighted by Gasteiger charge is -2.10. The quantitative estimate of drug-likeness (QED) is 0.377. The Balaban J connectivity index is 1.54. The van der Waals surface area contributed by atoms with Gasteiger partial charge < -0.3 is 15.8 Å². The molecule has 7 heteroatoms. The Morgan fingerprint density at radius 2 is 1.69 bits per heavy atom. The third-order valence-corrected chi connectivity index (χ3v) is 6.33. The molecule has 3 aromatic carbocycles. The Hall–Kier alpha value is -4.39. The molecule has 0 saturated carbocycles. The first-order valence-electron chi connectivity index (χ1n) is 11.5. The van der Waals surface area contributed by atoms with Crippen LogP contribution in [0.15, 0.2) is 66.7 Å². The topological polar surface area (TPSA) is 95.1 Å². The molecule has 0 atom stereocenters. The van der Waals surface area contributed by atoms with Gasteiger partial charge in [-0.25, -0.2) is 9.97 Å². The third-order valence-electron chi connectivity index (χ3n) is 6.33. The predicted octanol–water partition coefficient (Wildman–Crippen LogP) is 4.75. The number of nitrogens with zero attached hydrogens (tertiary/aromatic N) is 3. The Bertz CT molecular complexity index is 1550. The molecular weight excluding hydrogens is 438 g/mol. The predicted molar refractivity (Wildman–Crippen MR) is 139 cm³/mol. The van der Waals surface area contributed by atoms with Crippen molar-refractivity contribution >= 4 is 33.9 Å². The SMILES string of the molecule is COc1ccc(CCNC(=O)c2c(N)n(-c3ccc(C)c(C)c3)c3nc4ccccc4nc23)cc1. The van der Waals surface area contributed by atoms with Crippen molar-refractivity contribution in [2.45, 2.75) is 20.3 Å². The molecule has 0 saturated heterocycles. The third kappa shape index (κ3) is 4.17. The first kappa shape index (κ1) is 22.4. The van der Waals surface area contributed by atoms with Crippen molar-refractivity contribution in [3.63, 3.8) is 0 Å². The summed E-state index contributed by atoms with van der Waals surface area (Å²) in [7, 11) is 1.64. The van der Waals surface area contributed by atoms with E-state index in [4.69, 9.17) is 20.4 Å². The number of nitrogens with one attached hydrogen (secondary N) is 1. The molecule has 5 aromatic rings. The van der Waals surface area contributed by atoms with Gasteiger partial charge in [0.25, 0.3) is 5.91 Å². The molecular formula is C28H27N5O2. The van der Waals surface area contributed by atoms with Crippen molar-refractivity contribution in [1.29, 1.82) is 0 Å². The number of rotatable bonds is 6. The summed E-state index contributed by atoms with van der Waals surface area (Å²) in [6.45, 7) is 4.57. The van der Waals surface area contributed by atoms with Gasteiger partial charge in [0.2, 0.25) is 0 Å². The fourth-order valence-corrected chi connectivity index (χ4v) is 4.21. The van der Waals surface area contributed by atoms with E-state index in [-0.39, 0.29) is 5.91 Å². The molecule has 5 rings (SSSR count). The molecule has 0 radical (unpaired) electrons. The van der Waals surface area contributed by atoms with Crippen molar-refractivity contribution in [1.82, 2.24) is 19.9 Å². The van der Waals surface area contributed by atoms with Crippen LogP contribution in [0.1, 0.15) is 27.0 Å². The first-order chi connectivity index (χ1) is 17.0. The number of nitrogens with two attached hydrogens (primary N) is 1. The second kappa shape index (κ2) is 9.10. The molecule has 0 unspecified atom stereocenters. The minimum atomic E-state index is -0.270. The summed E-state index contributed by atoms with van der Waals surface area (Å²) < 4.78 is 7.03. The van der Waals surface area contributed by atoms with Gasteiger partial charge in [-0.2, -0.15) is 0 Å². The lowest BCUT2D eigenvalue weighted by molar-refractivity contribution is 0.0956. The fraction of sp³-hybridized carbons (Fsp3) is 0.179. The molecule has 0 aliphatic heterocycles. The summed E-state index contributed by atoms with van der Waals surface area (Å²) in [5, 5.41) is 3.01. The monoisotopic (exact) mass is 465 g/mol. The molecule has 0 aliphatic carbocycles. The van der Waals surface area contributed by atoms with E-state index in [0.717, 1.165) is 28.1 Å². The van der Waals surface area contributed by atoms with Crippen molar-refractivity contribution < 1.29 is 9.53 Å². The molecule has 3 N–H and O–H groups in total. The van der Waals surface area contributed by atoms with E-state index >= 15 is 0 Å². The van der Waals surface area contributed by atoms with E-state index in [0.29, 0.717) is 41.0 Å². The lowest BCUT2D eigenvalue weighted by Crippen LogP contribution is -2.26. The van der Waals surface area contributed by atoms with Crippen LogP contribution in [0.5, 0.6) is 5.75 Å². The maximum absolute atomic E-state index is 13.4. The van der Waals surface area contributed by atoms with E-state index in [1.807, 2.05) is 71.3 Å². The Kier molecular flexibility index (Phi) is 5.82. The number of hydrogen-bond donors (Lipinski definition) is 2. The molecule has 1 amide bonds. The minimum Gasteiger partial charge on any atom is -0.497 e. The zero-order valence-corrected chi connectivity index (χ0v) is 20.0. The number of anilines is 1. The van der Waals surface area contributed by atoms with Gasteiger partial charge in [-0.05, 0) is 73.4 Å². The second-order valence-electron chi connectivity index (χ2n) is 8.60. The summed E-state index contributed by atoms with van der Waals surface area (Å²) in [4.78, 5) is 23.0. The number of carbonyl (C=O) groups excluding carboxylic acids is 1. The summed E-state index contributed by atoms with van der Waals surface area (Å²) in [6, 6.07) is 21.5. The number of fused-ring (bicyclic) bond motifs is 2. The Labute approximate surface area is 203 Å². The van der Waals surface area contributed by atoms with E-state index in [1.54, 1.807) is 7.11 Å². The molecule has 176 valence electrons. The molecule has 2 aromatic heterocycles. The maximum Gasteiger partial charge on any atom is 0.257 e. The van der Waals surface area contributed by atoms with Crippen LogP contribution in [0.2, 0.25) is 0 Å². The van der Waals surface area contributed by atoms with Crippen LogP contribution in [-0.4, -0.2) is 34.1 Å². The molecule has 0 spiro atoms. The fourth-order valence-electron chi connectivity index (χ4n) is 4.21. The minimum absolute atomic E-state index is 0.270. The Morgan fingerprint density at radius 1 is 0.971 bits per heavy atom. The number of carbonyl (C=O) groups is 1. The summed E-state index contributed by atoms with van der Waals surface area (Å²) in [5.74, 6) is 0.851. The number of benzene rings is 3. The number of aryl methyl sites for hydroxylation is 2. The highest BCUT2D eigenvalue weighted by atomic mass is 16.5. The van der Waals surface area contributed by atoms with Crippen LogP contribution in [0.25, 0.3) is 27.9 Å². The van der Waals surface area contributed by atoms with Crippen LogP contribution in [-0.2, 0) is 6.42 Å². The van der Waals surface area contributed by atoms with Crippen molar-refractivity contribution in [2.75, 3.05) is 19.4 Å². The average molecular weight is 466 g/mol. The Morgan fingerprint density at radius 3 is 2.37 bits per heavy atom. The normalized spacial score (nSPS) is 11.2. The molecule has 7 nitrogen and oxygen atoms in total. The summed E-state index contributed by atoms with van der Waals surface area (Å²) in [6.07, 6.45) is 0.681. The average Bonchev–Trinajstić information content (AvgIpc) is 3.15. The lowest BCUT2D eigenvalue weighted by atomic mass is 10.1. The zero-order chi connectivity index (χ0) is 24.5. The maximum atomic E-state index is 13.4. The van der Waals surface area contributed by atoms with E-state index in [2.05, 4.69) is 19.2 Å². The molecule has 0 bridgehead atoms. The summed E-state index contributed by atoms with van der Waals surface area (Å²) in [5.41, 5.74) is 13.7. The highest BCUT2D eigenvalue weighted by Gasteiger charge is 2.24. The van der Waals surface area contributed by atoms with Crippen LogP contribution >= 0.6 is 0 Å². The van der Waals surface area contributed by atoms with Crippen molar-refractivity contribution in [2.24, 2.45) is 0 Å². The van der Waals surface area contributed by atoms with E-state index in [9.17, 15) is 4.79 Å². The number of para-hydroxylation sites is 2. The van der Waals surface area contributed by atoms with E-state index < -0.39 is 0 Å². The van der Waals surface area contributed by atoms with Crippen molar-refractivity contribution in [3.05, 3.63) is 89.0 Å². The van der Waals surface area contributed by atoms with Gasteiger partial charge in [0, 0.05) is 12.2 Å². The second-order valence-corrected chi connectivity index (χ2v) is 8.60. The molecule has 0 aliphatic rings. The number of methoxy groups -OCH3 is 1. The first-order valence-corrected chi connectivity index (χ1v) is 11.5. The largest absolute Gasteiger partial charge is 0.497 e. The zero-order valence-electron chi connectivity index (χ0n) is 20.0. The van der Waals surface area contributed by atoms with Gasteiger partial charge in [-0.15, -0.1) is 0 Å². The highest BCUT2D eigenvalue weighted by Crippen LogP contribution is 2.31. The van der Waals surface area contributed by atoms with Crippen LogP contribution in [0, 0.1) is 13.8 Å². The number of hydrogen-bond acceptors (Lipinski definition) is 5. The highest BCUT2D eigenvalue weighted by molar-refractivity contribution is 6.11. The number of aromatic nitrogens is 3. The van der Waals surface area contributed by atoms with Gasteiger partial charge in [-0.1, -0.05) is 30.3 Å². The van der Waals surface area contributed by atoms with E-state index in [1.165, 1.54) is 5.56 Å². The number of ether oxygens (including phenoxy) is 1. The standard InChI is InChI=1S/C28H27N5O2/c1-17-8-11-20(16-18(17)2)33-26(29)24(25-27(33)32-23-7-5-4-6-22(23)31-25)28(34)30-15-14-19-9-12-21(35-3)13-10-19/h4-13,16H,14-15,29H2,1-3H3,(H,30,34). The number of nitrogen functional groups attached to an aromatic ring is 1. The van der Waals surface area contributed by atoms with Gasteiger partial charge in [-0.3, -0.25) is 9.36 Å².